The van der Waals surface area contributed by atoms with E-state index < -0.39 is 6.10 Å². The zero-order valence-electron chi connectivity index (χ0n) is 12.8. The summed E-state index contributed by atoms with van der Waals surface area (Å²) in [6.45, 7) is 4.30. The maximum absolute atomic E-state index is 12.6. The largest absolute Gasteiger partial charge is 0.389 e. The van der Waals surface area contributed by atoms with Gasteiger partial charge in [-0.1, -0.05) is 25.1 Å². The maximum Gasteiger partial charge on any atom is 0.245 e. The number of carbonyl (C=O) groups excluding carboxylic acids is 2. The van der Waals surface area contributed by atoms with Crippen LogP contribution in [-0.4, -0.2) is 45.5 Å². The van der Waals surface area contributed by atoms with Gasteiger partial charge in [0.1, 0.15) is 6.04 Å². The molecule has 1 atom stereocenters. The first kappa shape index (κ1) is 14.8. The average Bonchev–Trinajstić information content (AvgIpc) is 2.85. The summed E-state index contributed by atoms with van der Waals surface area (Å²) in [6.07, 6.45) is 2.02. The Labute approximate surface area is 129 Å². The molecule has 1 aromatic carbocycles. The fraction of sp³-hybridized carbons (Fsp3) is 0.412. The van der Waals surface area contributed by atoms with Gasteiger partial charge in [-0.25, -0.2) is 0 Å². The fourth-order valence-corrected chi connectivity index (χ4v) is 3.08. The van der Waals surface area contributed by atoms with Gasteiger partial charge in [-0.3, -0.25) is 9.59 Å². The number of rotatable bonds is 4. The quantitative estimate of drug-likeness (QED) is 0.878. The molecule has 1 saturated heterocycles. The Kier molecular flexibility index (Phi) is 3.74. The first-order valence-corrected chi connectivity index (χ1v) is 7.60. The summed E-state index contributed by atoms with van der Waals surface area (Å²) in [6, 6.07) is 7.31. The molecule has 2 heterocycles. The van der Waals surface area contributed by atoms with Crippen LogP contribution >= 0.6 is 0 Å². The molecule has 0 saturated carbocycles. The Hall–Kier alpha value is -2.14. The minimum Gasteiger partial charge on any atom is -0.389 e. The fourth-order valence-electron chi connectivity index (χ4n) is 3.08. The predicted molar refractivity (Wildman–Crippen MR) is 83.9 cm³/mol. The van der Waals surface area contributed by atoms with Crippen molar-refractivity contribution in [3.05, 3.63) is 36.0 Å². The van der Waals surface area contributed by atoms with Gasteiger partial charge >= 0.3 is 0 Å². The highest BCUT2D eigenvalue weighted by Gasteiger charge is 2.34. The molecular formula is C17H20N2O3. The summed E-state index contributed by atoms with van der Waals surface area (Å²) in [5.41, 5.74) is 1.54. The number of ketones is 1. The number of nitrogens with zero attached hydrogens (tertiary/aromatic N) is 2. The second kappa shape index (κ2) is 5.57. The molecule has 1 unspecified atom stereocenters. The van der Waals surface area contributed by atoms with Crippen LogP contribution in [0.1, 0.15) is 36.7 Å². The molecule has 1 N–H and O–H groups in total. The second-order valence-electron chi connectivity index (χ2n) is 5.84. The molecule has 0 spiro atoms. The number of aliphatic hydroxyl groups is 1. The molecule has 1 aliphatic heterocycles. The van der Waals surface area contributed by atoms with Crippen LogP contribution in [0.15, 0.2) is 30.5 Å². The van der Waals surface area contributed by atoms with Crippen molar-refractivity contribution in [1.29, 1.82) is 0 Å². The summed E-state index contributed by atoms with van der Waals surface area (Å²) >= 11 is 0. The topological polar surface area (TPSA) is 62.5 Å². The van der Waals surface area contributed by atoms with Crippen LogP contribution in [0.3, 0.4) is 0 Å². The lowest BCUT2D eigenvalue weighted by Crippen LogP contribution is -2.55. The molecule has 116 valence electrons. The van der Waals surface area contributed by atoms with Crippen LogP contribution in [-0.2, 0) is 4.79 Å². The number of para-hydroxylation sites is 1. The Balaban J connectivity index is 2.04. The van der Waals surface area contributed by atoms with Crippen molar-refractivity contribution in [2.45, 2.75) is 32.4 Å². The number of fused-ring (bicyclic) bond motifs is 1. The Morgan fingerprint density at radius 2 is 2.00 bits per heavy atom. The first-order valence-electron chi connectivity index (χ1n) is 7.60. The average molecular weight is 300 g/mol. The number of hydrogen-bond donors (Lipinski definition) is 1. The molecule has 2 aromatic rings. The van der Waals surface area contributed by atoms with Crippen molar-refractivity contribution >= 4 is 22.6 Å². The zero-order chi connectivity index (χ0) is 15.9. The smallest absolute Gasteiger partial charge is 0.245 e. The molecule has 1 aromatic heterocycles. The van der Waals surface area contributed by atoms with E-state index in [1.807, 2.05) is 35.8 Å². The molecule has 0 radical (unpaired) electrons. The van der Waals surface area contributed by atoms with Crippen molar-refractivity contribution in [3.8, 4) is 0 Å². The Bertz CT molecular complexity index is 729. The second-order valence-corrected chi connectivity index (χ2v) is 5.84. The highest BCUT2D eigenvalue weighted by atomic mass is 16.3. The Morgan fingerprint density at radius 1 is 1.32 bits per heavy atom. The van der Waals surface area contributed by atoms with E-state index in [1.54, 1.807) is 18.0 Å². The number of Topliss-reactive ketones (excluding diaryl/α,β-unsaturated/α-hetero) is 1. The van der Waals surface area contributed by atoms with E-state index >= 15 is 0 Å². The highest BCUT2D eigenvalue weighted by molar-refractivity contribution is 6.07. The van der Waals surface area contributed by atoms with Gasteiger partial charge in [0.2, 0.25) is 5.91 Å². The van der Waals surface area contributed by atoms with Crippen molar-refractivity contribution in [2.75, 3.05) is 13.1 Å². The van der Waals surface area contributed by atoms with Gasteiger partial charge in [0, 0.05) is 35.8 Å². The summed E-state index contributed by atoms with van der Waals surface area (Å²) in [5, 5.41) is 10.3. The summed E-state index contributed by atoms with van der Waals surface area (Å²) in [7, 11) is 0. The van der Waals surface area contributed by atoms with E-state index in [9.17, 15) is 14.7 Å². The highest BCUT2D eigenvalue weighted by Crippen LogP contribution is 2.28. The number of aromatic nitrogens is 1. The summed E-state index contributed by atoms with van der Waals surface area (Å²) in [4.78, 5) is 26.2. The van der Waals surface area contributed by atoms with Crippen LogP contribution in [0.25, 0.3) is 10.9 Å². The van der Waals surface area contributed by atoms with Crippen molar-refractivity contribution in [3.63, 3.8) is 0 Å². The minimum absolute atomic E-state index is 0.00313. The van der Waals surface area contributed by atoms with Gasteiger partial charge in [-0.2, -0.15) is 0 Å². The molecule has 1 fully saturated rings. The van der Waals surface area contributed by atoms with Crippen LogP contribution in [0.4, 0.5) is 0 Å². The molecule has 3 rings (SSSR count). The number of aliphatic hydroxyl groups excluding tert-OH is 1. The molecule has 22 heavy (non-hydrogen) atoms. The Morgan fingerprint density at radius 3 is 2.59 bits per heavy atom. The van der Waals surface area contributed by atoms with Gasteiger partial charge in [0.15, 0.2) is 5.78 Å². The molecule has 5 heteroatoms. The van der Waals surface area contributed by atoms with Crippen LogP contribution in [0.2, 0.25) is 0 Å². The molecule has 0 bridgehead atoms. The van der Waals surface area contributed by atoms with Crippen LogP contribution in [0, 0.1) is 0 Å². The van der Waals surface area contributed by atoms with Crippen molar-refractivity contribution in [1.82, 2.24) is 9.47 Å². The first-order chi connectivity index (χ1) is 10.5. The number of carbonyl (C=O) groups is 2. The van der Waals surface area contributed by atoms with Gasteiger partial charge < -0.3 is 14.6 Å². The predicted octanol–water partition coefficient (Wildman–Crippen LogP) is 2.00. The lowest BCUT2D eigenvalue weighted by molar-refractivity contribution is -0.144. The van der Waals surface area contributed by atoms with Crippen molar-refractivity contribution in [2.24, 2.45) is 0 Å². The number of β-amino-alcohol motifs (C(OH)–C–C–N with tert-alkyl or cyclic N) is 1. The third-order valence-electron chi connectivity index (χ3n) is 4.30. The van der Waals surface area contributed by atoms with Gasteiger partial charge in [0.05, 0.1) is 6.10 Å². The van der Waals surface area contributed by atoms with Crippen molar-refractivity contribution < 1.29 is 14.7 Å². The standard InChI is InChI=1S/C17H20N2O3/c1-3-15(17(22)18-8-12(21)9-18)19-10-14(11(2)20)13-6-4-5-7-16(13)19/h4-7,10,12,15,21H,3,8-9H2,1-2H3. The molecule has 0 aliphatic carbocycles. The van der Waals surface area contributed by atoms with E-state index in [2.05, 4.69) is 0 Å². The van der Waals surface area contributed by atoms with E-state index in [-0.39, 0.29) is 17.7 Å². The van der Waals surface area contributed by atoms with E-state index in [1.165, 1.54) is 0 Å². The zero-order valence-corrected chi connectivity index (χ0v) is 12.8. The molecule has 5 nitrogen and oxygen atoms in total. The van der Waals surface area contributed by atoms with Crippen LogP contribution in [0.5, 0.6) is 0 Å². The van der Waals surface area contributed by atoms with Crippen LogP contribution < -0.4 is 0 Å². The number of hydrogen-bond acceptors (Lipinski definition) is 3. The lowest BCUT2D eigenvalue weighted by atomic mass is 10.1. The summed E-state index contributed by atoms with van der Waals surface area (Å²) in [5.74, 6) is 0.000259. The van der Waals surface area contributed by atoms with Gasteiger partial charge in [0.25, 0.3) is 0 Å². The molecule has 1 aliphatic rings. The number of likely N-dealkylation sites (tertiary alicyclic amines) is 1. The summed E-state index contributed by atoms with van der Waals surface area (Å²) < 4.78 is 1.90. The third kappa shape index (κ3) is 2.31. The lowest BCUT2D eigenvalue weighted by Gasteiger charge is -2.38. The van der Waals surface area contributed by atoms with E-state index in [4.69, 9.17) is 0 Å². The third-order valence-corrected chi connectivity index (χ3v) is 4.30. The molecular weight excluding hydrogens is 280 g/mol. The maximum atomic E-state index is 12.6. The van der Waals surface area contributed by atoms with Gasteiger partial charge in [-0.05, 0) is 19.4 Å². The molecule has 1 amide bonds. The van der Waals surface area contributed by atoms with E-state index in [0.29, 0.717) is 25.1 Å². The normalized spacial score (nSPS) is 16.6. The number of amides is 1. The minimum atomic E-state index is -0.407. The number of benzene rings is 1. The van der Waals surface area contributed by atoms with Gasteiger partial charge in [-0.15, -0.1) is 0 Å². The van der Waals surface area contributed by atoms with E-state index in [0.717, 1.165) is 10.9 Å². The monoisotopic (exact) mass is 300 g/mol. The SMILES string of the molecule is CCC(C(=O)N1CC(O)C1)n1cc(C(C)=O)c2ccccc21.